The summed E-state index contributed by atoms with van der Waals surface area (Å²) in [7, 11) is 1.38. The molecule has 4 nitrogen and oxygen atoms in total. The summed E-state index contributed by atoms with van der Waals surface area (Å²) >= 11 is 0. The van der Waals surface area contributed by atoms with Gasteiger partial charge in [-0.05, 0) is 24.5 Å². The van der Waals surface area contributed by atoms with E-state index in [9.17, 15) is 9.18 Å². The summed E-state index contributed by atoms with van der Waals surface area (Å²) in [6.07, 6.45) is 1.27. The van der Waals surface area contributed by atoms with Crippen LogP contribution < -0.4 is 9.64 Å². The normalized spacial score (nSPS) is 18.5. The minimum atomic E-state index is -0.444. The molecular weight excluding hydrogens is 247 g/mol. The quantitative estimate of drug-likeness (QED) is 0.768. The fourth-order valence-corrected chi connectivity index (χ4v) is 2.31. The van der Waals surface area contributed by atoms with Crippen LogP contribution in [0, 0.1) is 23.1 Å². The summed E-state index contributed by atoms with van der Waals surface area (Å²) in [5.41, 5.74) is 1.32. The van der Waals surface area contributed by atoms with Crippen LogP contribution in [0.4, 0.5) is 10.1 Å². The van der Waals surface area contributed by atoms with Gasteiger partial charge in [0, 0.05) is 12.0 Å². The number of methoxy groups -OCH3 is 1. The largest absolute Gasteiger partial charge is 0.494 e. The van der Waals surface area contributed by atoms with Crippen molar-refractivity contribution in [3.05, 3.63) is 23.5 Å². The lowest BCUT2D eigenvalue weighted by Crippen LogP contribution is -2.34. The second kappa shape index (κ2) is 5.27. The number of aryl methyl sites for hydroxylation is 1. The molecular formula is C14H15FN2O2. The summed E-state index contributed by atoms with van der Waals surface area (Å²) in [6.45, 7) is 1.79. The van der Waals surface area contributed by atoms with Gasteiger partial charge < -0.3 is 4.74 Å². The van der Waals surface area contributed by atoms with Gasteiger partial charge in [0.25, 0.3) is 0 Å². The smallest absolute Gasteiger partial charge is 0.230 e. The van der Waals surface area contributed by atoms with Crippen LogP contribution in [-0.2, 0) is 11.2 Å². The van der Waals surface area contributed by atoms with E-state index < -0.39 is 5.82 Å². The maximum Gasteiger partial charge on any atom is 0.230 e. The minimum absolute atomic E-state index is 0.0367. The van der Waals surface area contributed by atoms with E-state index in [2.05, 4.69) is 0 Å². The van der Waals surface area contributed by atoms with Crippen LogP contribution >= 0.6 is 0 Å². The molecule has 0 fully saturated rings. The third-order valence-corrected chi connectivity index (χ3v) is 3.41. The fraction of sp³-hybridized carbons (Fsp3) is 0.429. The second-order valence-corrected chi connectivity index (χ2v) is 4.64. The number of halogens is 1. The SMILES string of the molecule is COc1cc2c(cc1F)CCC(C)C(=O)N2CC#N. The Balaban J connectivity index is 2.55. The van der Waals surface area contributed by atoms with Crippen molar-refractivity contribution in [3.63, 3.8) is 0 Å². The van der Waals surface area contributed by atoms with Gasteiger partial charge in [-0.3, -0.25) is 9.69 Å². The molecule has 2 rings (SSSR count). The highest BCUT2D eigenvalue weighted by Crippen LogP contribution is 2.34. The number of amides is 1. The van der Waals surface area contributed by atoms with Crippen LogP contribution in [0.1, 0.15) is 18.9 Å². The molecule has 0 aromatic heterocycles. The van der Waals surface area contributed by atoms with E-state index in [-0.39, 0.29) is 24.1 Å². The molecule has 19 heavy (non-hydrogen) atoms. The zero-order chi connectivity index (χ0) is 14.0. The molecule has 100 valence electrons. The molecule has 1 aromatic carbocycles. The number of fused-ring (bicyclic) bond motifs is 1. The highest BCUT2D eigenvalue weighted by atomic mass is 19.1. The van der Waals surface area contributed by atoms with Crippen molar-refractivity contribution < 1.29 is 13.9 Å². The maximum absolute atomic E-state index is 13.7. The Hall–Kier alpha value is -2.09. The Kier molecular flexibility index (Phi) is 3.70. The van der Waals surface area contributed by atoms with Gasteiger partial charge in [-0.2, -0.15) is 5.26 Å². The highest BCUT2D eigenvalue weighted by molar-refractivity contribution is 5.96. The average molecular weight is 262 g/mol. The number of carbonyl (C=O) groups is 1. The van der Waals surface area contributed by atoms with E-state index in [0.717, 1.165) is 5.56 Å². The molecule has 0 radical (unpaired) electrons. The first kappa shape index (κ1) is 13.3. The Morgan fingerprint density at radius 3 is 2.95 bits per heavy atom. The molecule has 0 N–H and O–H groups in total. The van der Waals surface area contributed by atoms with E-state index >= 15 is 0 Å². The zero-order valence-electron chi connectivity index (χ0n) is 10.9. The first-order valence-electron chi connectivity index (χ1n) is 6.13. The van der Waals surface area contributed by atoms with Crippen molar-refractivity contribution in [1.29, 1.82) is 5.26 Å². The summed E-state index contributed by atoms with van der Waals surface area (Å²) in [5.74, 6) is -0.632. The van der Waals surface area contributed by atoms with Crippen LogP contribution in [0.2, 0.25) is 0 Å². The van der Waals surface area contributed by atoms with Gasteiger partial charge in [0.1, 0.15) is 6.54 Å². The van der Waals surface area contributed by atoms with Gasteiger partial charge in [-0.1, -0.05) is 6.92 Å². The van der Waals surface area contributed by atoms with Crippen LogP contribution in [0.5, 0.6) is 5.75 Å². The molecule has 1 aliphatic rings. The van der Waals surface area contributed by atoms with Crippen molar-refractivity contribution >= 4 is 11.6 Å². The molecule has 1 unspecified atom stereocenters. The van der Waals surface area contributed by atoms with Gasteiger partial charge in [-0.25, -0.2) is 4.39 Å². The molecule has 1 heterocycles. The van der Waals surface area contributed by atoms with E-state index in [1.807, 2.05) is 13.0 Å². The van der Waals surface area contributed by atoms with Gasteiger partial charge in [-0.15, -0.1) is 0 Å². The van der Waals surface area contributed by atoms with Gasteiger partial charge in [0.2, 0.25) is 5.91 Å². The number of hydrogen-bond acceptors (Lipinski definition) is 3. The lowest BCUT2D eigenvalue weighted by molar-refractivity contribution is -0.121. The summed E-state index contributed by atoms with van der Waals surface area (Å²) in [5, 5.41) is 8.87. The molecule has 1 aromatic rings. The van der Waals surface area contributed by atoms with Crippen LogP contribution in [-0.4, -0.2) is 19.6 Å². The van der Waals surface area contributed by atoms with E-state index in [0.29, 0.717) is 18.5 Å². The molecule has 0 bridgehead atoms. The molecule has 0 spiro atoms. The number of rotatable bonds is 2. The van der Waals surface area contributed by atoms with E-state index in [4.69, 9.17) is 10.00 Å². The number of carbonyl (C=O) groups excluding carboxylic acids is 1. The monoisotopic (exact) mass is 262 g/mol. The number of ether oxygens (including phenoxy) is 1. The van der Waals surface area contributed by atoms with Crippen molar-refractivity contribution in [3.8, 4) is 11.8 Å². The van der Waals surface area contributed by atoms with Crippen molar-refractivity contribution in [2.75, 3.05) is 18.6 Å². The maximum atomic E-state index is 13.7. The molecule has 1 amide bonds. The topological polar surface area (TPSA) is 53.3 Å². The van der Waals surface area contributed by atoms with Crippen molar-refractivity contribution in [2.45, 2.75) is 19.8 Å². The minimum Gasteiger partial charge on any atom is -0.494 e. The highest BCUT2D eigenvalue weighted by Gasteiger charge is 2.28. The Bertz CT molecular complexity index is 551. The summed E-state index contributed by atoms with van der Waals surface area (Å²) < 4.78 is 18.7. The van der Waals surface area contributed by atoms with Gasteiger partial charge in [0.05, 0.1) is 18.9 Å². The summed E-state index contributed by atoms with van der Waals surface area (Å²) in [6, 6.07) is 4.87. The third-order valence-electron chi connectivity index (χ3n) is 3.41. The Labute approximate surface area is 111 Å². The van der Waals surface area contributed by atoms with E-state index in [1.54, 1.807) is 0 Å². The Morgan fingerprint density at radius 2 is 2.32 bits per heavy atom. The molecule has 0 saturated heterocycles. The predicted molar refractivity (Wildman–Crippen MR) is 68.4 cm³/mol. The standard InChI is InChI=1S/C14H15FN2O2/c1-9-3-4-10-7-11(15)13(19-2)8-12(10)17(6-5-16)14(9)18/h7-9H,3-4,6H2,1-2H3. The number of anilines is 1. The van der Waals surface area contributed by atoms with Crippen molar-refractivity contribution in [1.82, 2.24) is 0 Å². The average Bonchev–Trinajstić information content (AvgIpc) is 2.51. The number of benzene rings is 1. The molecule has 0 saturated carbocycles. The van der Waals surface area contributed by atoms with Crippen LogP contribution in [0.15, 0.2) is 12.1 Å². The second-order valence-electron chi connectivity index (χ2n) is 4.64. The van der Waals surface area contributed by atoms with E-state index in [1.165, 1.54) is 24.1 Å². The first-order valence-corrected chi connectivity index (χ1v) is 6.13. The predicted octanol–water partition coefficient (Wildman–Crippen LogP) is 2.27. The lowest BCUT2D eigenvalue weighted by atomic mass is 10.0. The molecule has 1 atom stereocenters. The van der Waals surface area contributed by atoms with Crippen LogP contribution in [0.3, 0.4) is 0 Å². The van der Waals surface area contributed by atoms with Crippen molar-refractivity contribution in [2.24, 2.45) is 5.92 Å². The van der Waals surface area contributed by atoms with Crippen LogP contribution in [0.25, 0.3) is 0 Å². The molecule has 1 aliphatic heterocycles. The first-order chi connectivity index (χ1) is 9.08. The van der Waals surface area contributed by atoms with Gasteiger partial charge in [0.15, 0.2) is 11.6 Å². The number of hydrogen-bond donors (Lipinski definition) is 0. The third kappa shape index (κ3) is 2.39. The lowest BCUT2D eigenvalue weighted by Gasteiger charge is -2.22. The number of nitrogens with zero attached hydrogens (tertiary/aromatic N) is 2. The van der Waals surface area contributed by atoms with Gasteiger partial charge >= 0.3 is 0 Å². The Morgan fingerprint density at radius 1 is 1.58 bits per heavy atom. The molecule has 0 aliphatic carbocycles. The fourth-order valence-electron chi connectivity index (χ4n) is 2.31. The zero-order valence-corrected chi connectivity index (χ0v) is 10.9. The summed E-state index contributed by atoms with van der Waals surface area (Å²) in [4.78, 5) is 13.6. The number of nitriles is 1. The molecule has 5 heteroatoms.